The fourth-order valence-corrected chi connectivity index (χ4v) is 4.11. The van der Waals surface area contributed by atoms with E-state index in [1.165, 1.54) is 18.4 Å². The molecule has 2 N–H and O–H groups in total. The van der Waals surface area contributed by atoms with Gasteiger partial charge in [0, 0.05) is 40.6 Å². The summed E-state index contributed by atoms with van der Waals surface area (Å²) in [6, 6.07) is 6.73. The number of hydrogen-bond donors (Lipinski definition) is 2. The van der Waals surface area contributed by atoms with Crippen LogP contribution < -0.4 is 5.32 Å². The van der Waals surface area contributed by atoms with E-state index in [1.807, 2.05) is 0 Å². The number of methoxy groups -OCH3 is 1. The number of aromatic nitrogens is 3. The molecule has 0 saturated carbocycles. The van der Waals surface area contributed by atoms with Gasteiger partial charge < -0.3 is 19.5 Å². The highest BCUT2D eigenvalue weighted by Gasteiger charge is 2.14. The van der Waals surface area contributed by atoms with E-state index < -0.39 is 5.97 Å². The molecule has 3 aromatic heterocycles. The number of aromatic amines is 1. The Labute approximate surface area is 196 Å². The number of oxazole rings is 1. The molecule has 11 heteroatoms. The van der Waals surface area contributed by atoms with E-state index in [4.69, 9.17) is 27.6 Å². The van der Waals surface area contributed by atoms with Crippen LogP contribution in [0.2, 0.25) is 10.0 Å². The Morgan fingerprint density at radius 2 is 2.12 bits per heavy atom. The Kier molecular flexibility index (Phi) is 6.59. The summed E-state index contributed by atoms with van der Waals surface area (Å²) < 4.78 is 10.4. The van der Waals surface area contributed by atoms with Crippen molar-refractivity contribution in [2.75, 3.05) is 12.4 Å². The van der Waals surface area contributed by atoms with Crippen LogP contribution in [-0.2, 0) is 16.0 Å². The fourth-order valence-electron chi connectivity index (χ4n) is 2.88. The largest absolute Gasteiger partial charge is 0.464 e. The van der Waals surface area contributed by atoms with Gasteiger partial charge in [-0.05, 0) is 24.3 Å². The summed E-state index contributed by atoms with van der Waals surface area (Å²) in [7, 11) is 1.31. The summed E-state index contributed by atoms with van der Waals surface area (Å²) in [6.07, 6.45) is 3.70. The number of nitrogens with one attached hydrogen (secondary N) is 2. The van der Waals surface area contributed by atoms with Crippen molar-refractivity contribution in [3.05, 3.63) is 63.7 Å². The van der Waals surface area contributed by atoms with Gasteiger partial charge in [-0.1, -0.05) is 23.2 Å². The predicted octanol–water partition coefficient (Wildman–Crippen LogP) is 5.46. The van der Waals surface area contributed by atoms with Gasteiger partial charge in [0.2, 0.25) is 5.91 Å². The molecule has 0 fully saturated rings. The van der Waals surface area contributed by atoms with Crippen molar-refractivity contribution in [2.45, 2.75) is 12.8 Å². The third kappa shape index (κ3) is 5.01. The number of aryl methyl sites for hydroxylation is 1. The maximum absolute atomic E-state index is 12.3. The third-order valence-corrected chi connectivity index (χ3v) is 5.76. The smallest absolute Gasteiger partial charge is 0.354 e. The van der Waals surface area contributed by atoms with Gasteiger partial charge >= 0.3 is 5.97 Å². The van der Waals surface area contributed by atoms with Crippen LogP contribution in [0.1, 0.15) is 22.8 Å². The quantitative estimate of drug-likeness (QED) is 0.333. The molecule has 4 aromatic rings. The first-order chi connectivity index (χ1) is 15.4. The van der Waals surface area contributed by atoms with E-state index in [0.717, 1.165) is 5.56 Å². The number of anilines is 1. The number of thiazole rings is 1. The first kappa shape index (κ1) is 22.1. The van der Waals surface area contributed by atoms with Crippen molar-refractivity contribution in [3.8, 4) is 22.6 Å². The number of carbonyl (C=O) groups is 2. The fraction of sp³-hybridized carbons (Fsp3) is 0.143. The number of benzene rings is 1. The maximum atomic E-state index is 12.3. The van der Waals surface area contributed by atoms with Gasteiger partial charge in [0.25, 0.3) is 0 Å². The molecule has 3 heterocycles. The molecule has 1 aromatic carbocycles. The Bertz CT molecular complexity index is 1280. The number of ether oxygens (including phenoxy) is 1. The molecule has 0 atom stereocenters. The average molecular weight is 491 g/mol. The zero-order chi connectivity index (χ0) is 22.7. The van der Waals surface area contributed by atoms with Gasteiger partial charge in [0.05, 0.1) is 24.0 Å². The van der Waals surface area contributed by atoms with Gasteiger partial charge in [-0.3, -0.25) is 4.79 Å². The minimum absolute atomic E-state index is 0.167. The van der Waals surface area contributed by atoms with Crippen molar-refractivity contribution in [3.63, 3.8) is 0 Å². The molecule has 8 nitrogen and oxygen atoms in total. The highest BCUT2D eigenvalue weighted by molar-refractivity contribution is 7.14. The van der Waals surface area contributed by atoms with E-state index >= 15 is 0 Å². The molecule has 0 saturated heterocycles. The molecule has 32 heavy (non-hydrogen) atoms. The molecule has 0 spiro atoms. The minimum atomic E-state index is -0.465. The highest BCUT2D eigenvalue weighted by Crippen LogP contribution is 2.31. The van der Waals surface area contributed by atoms with Crippen LogP contribution in [-0.4, -0.2) is 33.9 Å². The Morgan fingerprint density at radius 1 is 1.28 bits per heavy atom. The second-order valence-electron chi connectivity index (χ2n) is 6.62. The first-order valence-corrected chi connectivity index (χ1v) is 11.0. The van der Waals surface area contributed by atoms with Crippen LogP contribution in [0, 0.1) is 0 Å². The zero-order valence-electron chi connectivity index (χ0n) is 16.6. The minimum Gasteiger partial charge on any atom is -0.464 e. The van der Waals surface area contributed by atoms with Gasteiger partial charge in [-0.2, -0.15) is 0 Å². The average Bonchev–Trinajstić information content (AvgIpc) is 3.52. The lowest BCUT2D eigenvalue weighted by Gasteiger charge is -2.01. The number of rotatable bonds is 7. The van der Waals surface area contributed by atoms with E-state index in [0.29, 0.717) is 50.2 Å². The van der Waals surface area contributed by atoms with Crippen LogP contribution in [0.25, 0.3) is 22.6 Å². The lowest BCUT2D eigenvalue weighted by molar-refractivity contribution is -0.116. The van der Waals surface area contributed by atoms with Crippen LogP contribution >= 0.6 is 34.5 Å². The van der Waals surface area contributed by atoms with E-state index in [9.17, 15) is 9.59 Å². The molecule has 4 rings (SSSR count). The Balaban J connectivity index is 1.34. The molecule has 0 unspecified atom stereocenters. The molecule has 1 amide bonds. The van der Waals surface area contributed by atoms with E-state index in [2.05, 4.69) is 25.0 Å². The van der Waals surface area contributed by atoms with Crippen molar-refractivity contribution in [1.82, 2.24) is 15.0 Å². The summed E-state index contributed by atoms with van der Waals surface area (Å²) in [4.78, 5) is 35.3. The standard InChI is InChI=1S/C21H16Cl2N4O4S/c1-30-20(29)15-6-11(8-24-15)16-10-32-21(26-16)27-18(28)4-5-19-25-9-17(31-19)13-3-2-12(22)7-14(13)23/h2-3,6-10,24H,4-5H2,1H3,(H,26,27,28). The van der Waals surface area contributed by atoms with Crippen LogP contribution in [0.4, 0.5) is 5.13 Å². The summed E-state index contributed by atoms with van der Waals surface area (Å²) in [5.41, 5.74) is 2.35. The lowest BCUT2D eigenvalue weighted by atomic mass is 10.2. The maximum Gasteiger partial charge on any atom is 0.354 e. The zero-order valence-corrected chi connectivity index (χ0v) is 19.0. The second kappa shape index (κ2) is 9.56. The molecule has 0 radical (unpaired) electrons. The highest BCUT2D eigenvalue weighted by atomic mass is 35.5. The summed E-state index contributed by atoms with van der Waals surface area (Å²) in [6.45, 7) is 0. The van der Waals surface area contributed by atoms with Gasteiger partial charge in [-0.25, -0.2) is 14.8 Å². The number of nitrogens with zero attached hydrogens (tertiary/aromatic N) is 2. The monoisotopic (exact) mass is 490 g/mol. The number of amides is 1. The molecular weight excluding hydrogens is 475 g/mol. The predicted molar refractivity (Wildman–Crippen MR) is 122 cm³/mol. The van der Waals surface area contributed by atoms with Crippen LogP contribution in [0.3, 0.4) is 0 Å². The first-order valence-electron chi connectivity index (χ1n) is 9.35. The third-order valence-electron chi connectivity index (χ3n) is 4.45. The number of H-pyrrole nitrogens is 1. The lowest BCUT2D eigenvalue weighted by Crippen LogP contribution is -2.12. The SMILES string of the molecule is COC(=O)c1cc(-c2csc(NC(=O)CCc3ncc(-c4ccc(Cl)cc4Cl)o3)n2)c[nH]1. The molecule has 0 aliphatic rings. The van der Waals surface area contributed by atoms with E-state index in [-0.39, 0.29) is 12.3 Å². The Hall–Kier alpha value is -3.14. The molecule has 0 bridgehead atoms. The van der Waals surface area contributed by atoms with Crippen molar-refractivity contribution >= 4 is 51.5 Å². The molecule has 164 valence electrons. The number of carbonyl (C=O) groups excluding carboxylic acids is 2. The second-order valence-corrected chi connectivity index (χ2v) is 8.32. The van der Waals surface area contributed by atoms with Crippen molar-refractivity contribution in [1.29, 1.82) is 0 Å². The number of esters is 1. The van der Waals surface area contributed by atoms with Crippen molar-refractivity contribution in [2.24, 2.45) is 0 Å². The summed E-state index contributed by atoms with van der Waals surface area (Å²) in [5.74, 6) is 0.237. The number of halogens is 2. The van der Waals surface area contributed by atoms with Crippen LogP contribution in [0.5, 0.6) is 0 Å². The molecule has 0 aliphatic carbocycles. The number of hydrogen-bond acceptors (Lipinski definition) is 7. The van der Waals surface area contributed by atoms with E-state index in [1.54, 1.807) is 42.0 Å². The topological polar surface area (TPSA) is 110 Å². The normalized spacial score (nSPS) is 10.8. The molecular formula is C21H16Cl2N4O4S. The van der Waals surface area contributed by atoms with Crippen LogP contribution in [0.15, 0.2) is 46.5 Å². The molecule has 0 aliphatic heterocycles. The summed E-state index contributed by atoms with van der Waals surface area (Å²) >= 11 is 13.4. The van der Waals surface area contributed by atoms with Gasteiger partial charge in [0.1, 0.15) is 5.69 Å². The van der Waals surface area contributed by atoms with Crippen molar-refractivity contribution < 1.29 is 18.7 Å². The van der Waals surface area contributed by atoms with Gasteiger partial charge in [0.15, 0.2) is 16.8 Å². The Morgan fingerprint density at radius 3 is 2.91 bits per heavy atom. The summed E-state index contributed by atoms with van der Waals surface area (Å²) in [5, 5.41) is 5.98. The van der Waals surface area contributed by atoms with Gasteiger partial charge in [-0.15, -0.1) is 11.3 Å².